The average Bonchev–Trinajstić information content (AvgIpc) is 3.05. The lowest BCUT2D eigenvalue weighted by molar-refractivity contribution is 0.0119. The van der Waals surface area contributed by atoms with Crippen LogP contribution in [0.4, 0.5) is 4.79 Å². The van der Waals surface area contributed by atoms with Crippen LogP contribution in [0.1, 0.15) is 43.8 Å². The van der Waals surface area contributed by atoms with E-state index < -0.39 is 0 Å². The maximum Gasteiger partial charge on any atom is 0.315 e. The molecule has 3 rings (SSSR count). The second-order valence-corrected chi connectivity index (χ2v) is 6.27. The molecule has 5 nitrogen and oxygen atoms in total. The highest BCUT2D eigenvalue weighted by Crippen LogP contribution is 2.28. The molecule has 0 aromatic heterocycles. The molecule has 5 heteroatoms. The fourth-order valence-corrected chi connectivity index (χ4v) is 3.31. The summed E-state index contributed by atoms with van der Waals surface area (Å²) < 4.78 is 11.5. The molecule has 1 aromatic carbocycles. The minimum Gasteiger partial charge on any atom is -0.378 e. The van der Waals surface area contributed by atoms with Crippen LogP contribution in [0, 0.1) is 0 Å². The van der Waals surface area contributed by atoms with Crippen LogP contribution in [0.2, 0.25) is 0 Å². The molecule has 0 saturated carbocycles. The lowest BCUT2D eigenvalue weighted by Gasteiger charge is -2.23. The summed E-state index contributed by atoms with van der Waals surface area (Å²) in [6.07, 6.45) is 5.48. The van der Waals surface area contributed by atoms with Crippen molar-refractivity contribution in [2.45, 2.75) is 50.4 Å². The second kappa shape index (κ2) is 8.31. The number of hydrogen-bond donors (Lipinski definition) is 2. The third-order valence-corrected chi connectivity index (χ3v) is 4.56. The van der Waals surface area contributed by atoms with Gasteiger partial charge in [-0.1, -0.05) is 30.3 Å². The maximum atomic E-state index is 12.1. The Kier molecular flexibility index (Phi) is 5.88. The Morgan fingerprint density at radius 2 is 1.96 bits per heavy atom. The number of benzene rings is 1. The zero-order valence-electron chi connectivity index (χ0n) is 13.5. The molecule has 2 fully saturated rings. The van der Waals surface area contributed by atoms with Crippen molar-refractivity contribution in [3.63, 3.8) is 0 Å². The van der Waals surface area contributed by atoms with Crippen molar-refractivity contribution in [2.24, 2.45) is 0 Å². The van der Waals surface area contributed by atoms with Crippen molar-refractivity contribution in [1.82, 2.24) is 10.6 Å². The summed E-state index contributed by atoms with van der Waals surface area (Å²) in [5, 5.41) is 5.99. The molecule has 3 atom stereocenters. The van der Waals surface area contributed by atoms with E-state index in [9.17, 15) is 4.79 Å². The molecule has 0 radical (unpaired) electrons. The van der Waals surface area contributed by atoms with E-state index in [0.717, 1.165) is 37.9 Å². The van der Waals surface area contributed by atoms with E-state index in [1.54, 1.807) is 0 Å². The maximum absolute atomic E-state index is 12.1. The van der Waals surface area contributed by atoms with Crippen LogP contribution in [0.25, 0.3) is 0 Å². The highest BCUT2D eigenvalue weighted by atomic mass is 16.5. The first-order valence-electron chi connectivity index (χ1n) is 8.65. The number of carbonyl (C=O) groups is 1. The van der Waals surface area contributed by atoms with Gasteiger partial charge in [0.05, 0.1) is 12.1 Å². The molecule has 23 heavy (non-hydrogen) atoms. The number of rotatable bonds is 5. The summed E-state index contributed by atoms with van der Waals surface area (Å²) >= 11 is 0. The number of ether oxygens (including phenoxy) is 2. The Morgan fingerprint density at radius 1 is 1.09 bits per heavy atom. The first kappa shape index (κ1) is 16.3. The van der Waals surface area contributed by atoms with Crippen LogP contribution >= 0.6 is 0 Å². The van der Waals surface area contributed by atoms with E-state index in [1.807, 2.05) is 30.3 Å². The smallest absolute Gasteiger partial charge is 0.315 e. The fraction of sp³-hybridized carbons (Fsp3) is 0.611. The SMILES string of the molecule is O=C(NCC[C@@H]1CCCCO1)N[C@@H]1CCO[C@H]1c1ccccc1. The van der Waals surface area contributed by atoms with Gasteiger partial charge in [-0.05, 0) is 37.7 Å². The van der Waals surface area contributed by atoms with Crippen molar-refractivity contribution in [2.75, 3.05) is 19.8 Å². The molecule has 0 bridgehead atoms. The van der Waals surface area contributed by atoms with Gasteiger partial charge in [0.15, 0.2) is 0 Å². The number of nitrogens with one attached hydrogen (secondary N) is 2. The van der Waals surface area contributed by atoms with Gasteiger partial charge >= 0.3 is 6.03 Å². The highest BCUT2D eigenvalue weighted by molar-refractivity contribution is 5.74. The Bertz CT molecular complexity index is 488. The zero-order valence-corrected chi connectivity index (χ0v) is 13.5. The zero-order chi connectivity index (χ0) is 15.9. The second-order valence-electron chi connectivity index (χ2n) is 6.27. The molecule has 2 aliphatic rings. The molecular formula is C18H26N2O3. The average molecular weight is 318 g/mol. The minimum atomic E-state index is -0.114. The Labute approximate surface area is 137 Å². The van der Waals surface area contributed by atoms with Crippen LogP contribution in [0.3, 0.4) is 0 Å². The molecule has 1 aromatic rings. The van der Waals surface area contributed by atoms with Crippen molar-refractivity contribution < 1.29 is 14.3 Å². The highest BCUT2D eigenvalue weighted by Gasteiger charge is 2.30. The van der Waals surface area contributed by atoms with Gasteiger partial charge < -0.3 is 20.1 Å². The predicted molar refractivity (Wildman–Crippen MR) is 88.3 cm³/mol. The largest absolute Gasteiger partial charge is 0.378 e. The number of amides is 2. The Hall–Kier alpha value is -1.59. The van der Waals surface area contributed by atoms with Crippen LogP contribution in [-0.4, -0.2) is 37.9 Å². The monoisotopic (exact) mass is 318 g/mol. The molecule has 0 spiro atoms. The molecule has 126 valence electrons. The van der Waals surface area contributed by atoms with Crippen molar-refractivity contribution in [3.8, 4) is 0 Å². The van der Waals surface area contributed by atoms with E-state index >= 15 is 0 Å². The standard InChI is InChI=1S/C18H26N2O3/c21-18(19-11-9-15-8-4-5-12-22-15)20-16-10-13-23-17(16)14-6-2-1-3-7-14/h1-3,6-7,15-17H,4-5,8-13H2,(H2,19,20,21)/t15-,16+,17-/m0/s1. The minimum absolute atomic E-state index is 0.0309. The van der Waals surface area contributed by atoms with Gasteiger partial charge in [-0.15, -0.1) is 0 Å². The molecule has 0 aliphatic carbocycles. The van der Waals surface area contributed by atoms with Gasteiger partial charge in [-0.25, -0.2) is 4.79 Å². The van der Waals surface area contributed by atoms with Gasteiger partial charge in [0.1, 0.15) is 6.10 Å². The topological polar surface area (TPSA) is 59.6 Å². The molecule has 2 aliphatic heterocycles. The van der Waals surface area contributed by atoms with Crippen LogP contribution in [0.5, 0.6) is 0 Å². The number of carbonyl (C=O) groups excluding carboxylic acids is 1. The van der Waals surface area contributed by atoms with Gasteiger partial charge in [-0.2, -0.15) is 0 Å². The van der Waals surface area contributed by atoms with Gasteiger partial charge in [0, 0.05) is 19.8 Å². The lowest BCUT2D eigenvalue weighted by atomic mass is 10.0. The summed E-state index contributed by atoms with van der Waals surface area (Å²) in [7, 11) is 0. The van der Waals surface area contributed by atoms with Crippen molar-refractivity contribution >= 4 is 6.03 Å². The molecule has 2 heterocycles. The van der Waals surface area contributed by atoms with E-state index in [1.165, 1.54) is 6.42 Å². The van der Waals surface area contributed by atoms with E-state index in [0.29, 0.717) is 19.3 Å². The summed E-state index contributed by atoms with van der Waals surface area (Å²) in [4.78, 5) is 12.1. The molecule has 2 saturated heterocycles. The Balaban J connectivity index is 1.42. The van der Waals surface area contributed by atoms with E-state index in [4.69, 9.17) is 9.47 Å². The van der Waals surface area contributed by atoms with Gasteiger partial charge in [0.25, 0.3) is 0 Å². The first-order valence-corrected chi connectivity index (χ1v) is 8.65. The summed E-state index contributed by atoms with van der Waals surface area (Å²) in [5.74, 6) is 0. The van der Waals surface area contributed by atoms with Crippen LogP contribution in [-0.2, 0) is 9.47 Å². The number of urea groups is 1. The van der Waals surface area contributed by atoms with Crippen LogP contribution in [0.15, 0.2) is 30.3 Å². The molecule has 2 amide bonds. The quantitative estimate of drug-likeness (QED) is 0.877. The third-order valence-electron chi connectivity index (χ3n) is 4.56. The lowest BCUT2D eigenvalue weighted by Crippen LogP contribution is -2.44. The third kappa shape index (κ3) is 4.69. The number of hydrogen-bond acceptors (Lipinski definition) is 3. The van der Waals surface area contributed by atoms with Crippen molar-refractivity contribution in [1.29, 1.82) is 0 Å². The van der Waals surface area contributed by atoms with Gasteiger partial charge in [-0.3, -0.25) is 0 Å². The van der Waals surface area contributed by atoms with Crippen molar-refractivity contribution in [3.05, 3.63) is 35.9 Å². The predicted octanol–water partition coefficient (Wildman–Crippen LogP) is 2.78. The van der Waals surface area contributed by atoms with E-state index in [-0.39, 0.29) is 18.2 Å². The normalized spacial score (nSPS) is 27.6. The van der Waals surface area contributed by atoms with Gasteiger partial charge in [0.2, 0.25) is 0 Å². The summed E-state index contributed by atoms with van der Waals surface area (Å²) in [5.41, 5.74) is 1.12. The molecular weight excluding hydrogens is 292 g/mol. The van der Waals surface area contributed by atoms with Crippen LogP contribution < -0.4 is 10.6 Å². The molecule has 0 unspecified atom stereocenters. The summed E-state index contributed by atoms with van der Waals surface area (Å²) in [6, 6.07) is 9.99. The molecule has 2 N–H and O–H groups in total. The van der Waals surface area contributed by atoms with E-state index in [2.05, 4.69) is 10.6 Å². The first-order chi connectivity index (χ1) is 11.3. The fourth-order valence-electron chi connectivity index (χ4n) is 3.31. The summed E-state index contributed by atoms with van der Waals surface area (Å²) in [6.45, 7) is 2.19. The Morgan fingerprint density at radius 3 is 2.74 bits per heavy atom.